The van der Waals surface area contributed by atoms with Crippen LogP contribution in [-0.2, 0) is 21.2 Å². The summed E-state index contributed by atoms with van der Waals surface area (Å²) in [6, 6.07) is 8.89. The summed E-state index contributed by atoms with van der Waals surface area (Å²) in [4.78, 5) is 17.3. The van der Waals surface area contributed by atoms with Crippen LogP contribution in [0.3, 0.4) is 0 Å². The first kappa shape index (κ1) is 14.6. The first-order valence-electron chi connectivity index (χ1n) is 6.63. The smallest absolute Gasteiger partial charge is 0.239 e. The van der Waals surface area contributed by atoms with E-state index in [9.17, 15) is 17.6 Å². The van der Waals surface area contributed by atoms with Gasteiger partial charge in [0.15, 0.2) is 15.2 Å². The molecule has 114 valence electrons. The maximum atomic E-state index is 13.0. The van der Waals surface area contributed by atoms with Gasteiger partial charge in [0.1, 0.15) is 11.6 Å². The van der Waals surface area contributed by atoms with Crippen molar-refractivity contribution in [3.05, 3.63) is 65.7 Å². The summed E-state index contributed by atoms with van der Waals surface area (Å²) >= 11 is 0. The second kappa shape index (κ2) is 5.49. The molecule has 0 N–H and O–H groups in total. The van der Waals surface area contributed by atoms with Crippen LogP contribution in [0.2, 0.25) is 0 Å². The normalized spacial score (nSPS) is 20.3. The van der Waals surface area contributed by atoms with Gasteiger partial charge >= 0.3 is 0 Å². The molecule has 1 aliphatic rings. The highest BCUT2D eigenvalue weighted by Crippen LogP contribution is 2.34. The molecule has 1 fully saturated rings. The minimum absolute atomic E-state index is 0.109. The van der Waals surface area contributed by atoms with Crippen LogP contribution in [0.5, 0.6) is 0 Å². The third kappa shape index (κ3) is 2.71. The van der Waals surface area contributed by atoms with Gasteiger partial charge in [-0.05, 0) is 23.8 Å². The average molecular weight is 320 g/mol. The zero-order valence-corrected chi connectivity index (χ0v) is 12.3. The average Bonchev–Trinajstić information content (AvgIpc) is 2.71. The maximum Gasteiger partial charge on any atom is 0.239 e. The first-order valence-corrected chi connectivity index (χ1v) is 8.34. The predicted octanol–water partition coefficient (Wildman–Crippen LogP) is 1.68. The lowest BCUT2D eigenvalue weighted by molar-refractivity contribution is -0.128. The van der Waals surface area contributed by atoms with Crippen molar-refractivity contribution in [1.82, 2.24) is 9.88 Å². The number of sulfone groups is 1. The van der Waals surface area contributed by atoms with E-state index in [1.807, 2.05) is 0 Å². The molecule has 0 bridgehead atoms. The number of pyridine rings is 1. The Morgan fingerprint density at radius 1 is 1.23 bits per heavy atom. The fourth-order valence-electron chi connectivity index (χ4n) is 2.53. The van der Waals surface area contributed by atoms with Crippen molar-refractivity contribution < 1.29 is 17.6 Å². The van der Waals surface area contributed by atoms with Gasteiger partial charge in [-0.1, -0.05) is 18.2 Å². The SMILES string of the molecule is O=C1CS(=O)(=O)C(c2cccnc2)N1Cc1ccc(F)cc1. The summed E-state index contributed by atoms with van der Waals surface area (Å²) in [7, 11) is -3.60. The van der Waals surface area contributed by atoms with Crippen molar-refractivity contribution in [3.8, 4) is 0 Å². The molecular weight excluding hydrogens is 307 g/mol. The molecule has 1 saturated heterocycles. The standard InChI is InChI=1S/C15H13FN2O3S/c16-13-5-3-11(4-6-13)9-18-14(19)10-22(20,21)15(18)12-2-1-7-17-8-12/h1-8,15H,9-10H2. The van der Waals surface area contributed by atoms with Gasteiger partial charge in [0.05, 0.1) is 0 Å². The second-order valence-electron chi connectivity index (χ2n) is 5.09. The summed E-state index contributed by atoms with van der Waals surface area (Å²) in [5, 5.41) is -1.04. The molecule has 1 aromatic carbocycles. The zero-order chi connectivity index (χ0) is 15.7. The highest BCUT2D eigenvalue weighted by Gasteiger charge is 2.44. The van der Waals surface area contributed by atoms with Crippen LogP contribution in [0.25, 0.3) is 0 Å². The van der Waals surface area contributed by atoms with Gasteiger partial charge in [0.25, 0.3) is 0 Å². The van der Waals surface area contributed by atoms with Crippen LogP contribution in [-0.4, -0.2) is 30.0 Å². The molecule has 2 aromatic rings. The van der Waals surface area contributed by atoms with Crippen LogP contribution in [0.1, 0.15) is 16.5 Å². The summed E-state index contributed by atoms with van der Waals surface area (Å²) in [5.41, 5.74) is 1.12. The molecule has 1 unspecified atom stereocenters. The van der Waals surface area contributed by atoms with E-state index in [1.54, 1.807) is 12.1 Å². The molecule has 3 rings (SSSR count). The third-order valence-electron chi connectivity index (χ3n) is 3.50. The maximum absolute atomic E-state index is 13.0. The Kier molecular flexibility index (Phi) is 3.66. The molecule has 1 aliphatic heterocycles. The van der Waals surface area contributed by atoms with E-state index in [-0.39, 0.29) is 12.4 Å². The minimum Gasteiger partial charge on any atom is -0.317 e. The van der Waals surface area contributed by atoms with Crippen molar-refractivity contribution >= 4 is 15.7 Å². The molecule has 1 aromatic heterocycles. The van der Waals surface area contributed by atoms with Crippen molar-refractivity contribution in [2.45, 2.75) is 11.9 Å². The lowest BCUT2D eigenvalue weighted by atomic mass is 10.2. The first-order chi connectivity index (χ1) is 10.5. The summed E-state index contributed by atoms with van der Waals surface area (Å²) in [6.45, 7) is 0.109. The van der Waals surface area contributed by atoms with Gasteiger partial charge in [-0.25, -0.2) is 12.8 Å². The number of halogens is 1. The Labute approximate surface area is 127 Å². The van der Waals surface area contributed by atoms with Gasteiger partial charge in [-0.15, -0.1) is 0 Å². The van der Waals surface area contributed by atoms with Gasteiger partial charge in [0, 0.05) is 24.5 Å². The van der Waals surface area contributed by atoms with Gasteiger partial charge in [-0.3, -0.25) is 9.78 Å². The number of hydrogen-bond acceptors (Lipinski definition) is 4. The number of carbonyl (C=O) groups is 1. The van der Waals surface area contributed by atoms with E-state index in [4.69, 9.17) is 0 Å². The molecule has 2 heterocycles. The third-order valence-corrected chi connectivity index (χ3v) is 5.36. The summed E-state index contributed by atoms with van der Waals surface area (Å²) < 4.78 is 37.5. The van der Waals surface area contributed by atoms with Crippen molar-refractivity contribution in [2.75, 3.05) is 5.75 Å². The van der Waals surface area contributed by atoms with Crippen LogP contribution in [0.15, 0.2) is 48.8 Å². The van der Waals surface area contributed by atoms with Gasteiger partial charge in [0.2, 0.25) is 5.91 Å². The van der Waals surface area contributed by atoms with E-state index in [2.05, 4.69) is 4.98 Å². The molecule has 22 heavy (non-hydrogen) atoms. The number of rotatable bonds is 3. The van der Waals surface area contributed by atoms with E-state index in [1.165, 1.54) is 41.6 Å². The van der Waals surface area contributed by atoms with Crippen molar-refractivity contribution in [3.63, 3.8) is 0 Å². The Bertz CT molecular complexity index is 791. The van der Waals surface area contributed by atoms with Crippen LogP contribution < -0.4 is 0 Å². The number of hydrogen-bond donors (Lipinski definition) is 0. The fourth-order valence-corrected chi connectivity index (χ4v) is 4.33. The van der Waals surface area contributed by atoms with Crippen LogP contribution >= 0.6 is 0 Å². The van der Waals surface area contributed by atoms with Gasteiger partial charge < -0.3 is 4.90 Å². The lowest BCUT2D eigenvalue weighted by Gasteiger charge is -2.23. The van der Waals surface area contributed by atoms with Crippen LogP contribution in [0.4, 0.5) is 4.39 Å². The van der Waals surface area contributed by atoms with E-state index in [0.717, 1.165) is 0 Å². The summed E-state index contributed by atoms with van der Waals surface area (Å²) in [5.74, 6) is -1.36. The number of carbonyl (C=O) groups excluding carboxylic acids is 1. The number of aromatic nitrogens is 1. The molecule has 1 atom stereocenters. The highest BCUT2D eigenvalue weighted by molar-refractivity contribution is 7.92. The monoisotopic (exact) mass is 320 g/mol. The Hall–Kier alpha value is -2.28. The molecule has 1 amide bonds. The lowest BCUT2D eigenvalue weighted by Crippen LogP contribution is -2.28. The molecule has 7 heteroatoms. The Balaban J connectivity index is 1.97. The molecule has 0 saturated carbocycles. The van der Waals surface area contributed by atoms with E-state index in [0.29, 0.717) is 11.1 Å². The van der Waals surface area contributed by atoms with Crippen molar-refractivity contribution in [2.24, 2.45) is 0 Å². The van der Waals surface area contributed by atoms with Crippen LogP contribution in [0, 0.1) is 5.82 Å². The number of amides is 1. The topological polar surface area (TPSA) is 67.3 Å². The Morgan fingerprint density at radius 2 is 1.95 bits per heavy atom. The highest BCUT2D eigenvalue weighted by atomic mass is 32.2. The van der Waals surface area contributed by atoms with Crippen molar-refractivity contribution in [1.29, 1.82) is 0 Å². The molecular formula is C15H13FN2O3S. The zero-order valence-electron chi connectivity index (χ0n) is 11.5. The van der Waals surface area contributed by atoms with E-state index < -0.39 is 26.9 Å². The quantitative estimate of drug-likeness (QED) is 0.863. The molecule has 5 nitrogen and oxygen atoms in total. The number of benzene rings is 1. The van der Waals surface area contributed by atoms with E-state index >= 15 is 0 Å². The Morgan fingerprint density at radius 3 is 2.59 bits per heavy atom. The minimum atomic E-state index is -3.60. The van der Waals surface area contributed by atoms with Gasteiger partial charge in [-0.2, -0.15) is 0 Å². The number of nitrogens with zero attached hydrogens (tertiary/aromatic N) is 2. The second-order valence-corrected chi connectivity index (χ2v) is 7.15. The largest absolute Gasteiger partial charge is 0.317 e. The summed E-state index contributed by atoms with van der Waals surface area (Å²) in [6.07, 6.45) is 2.98. The fraction of sp³-hybridized carbons (Fsp3) is 0.200. The molecule has 0 spiro atoms. The molecule has 0 radical (unpaired) electrons. The molecule has 0 aliphatic carbocycles. The predicted molar refractivity (Wildman–Crippen MR) is 77.7 cm³/mol.